The molecule has 0 spiro atoms. The second-order valence-corrected chi connectivity index (χ2v) is 11.6. The lowest BCUT2D eigenvalue weighted by Gasteiger charge is -2.05. The Hall–Kier alpha value is 0.600. The topological polar surface area (TPSA) is 26.3 Å². The summed E-state index contributed by atoms with van der Waals surface area (Å²) in [6.07, 6.45) is 1.92. The van der Waals surface area contributed by atoms with Crippen molar-refractivity contribution in [2.75, 3.05) is 26.1 Å². The first-order valence-corrected chi connectivity index (χ1v) is 8.40. The Morgan fingerprint density at radius 3 is 2.38 bits per heavy atom. The molecule has 1 unspecified atom stereocenters. The lowest BCUT2D eigenvalue weighted by atomic mass is 10.2. The van der Waals surface area contributed by atoms with Gasteiger partial charge in [-0.15, -0.1) is 0 Å². The Balaban J connectivity index is 0.00000144. The molecule has 0 amide bonds. The molecule has 0 bridgehead atoms. The fourth-order valence-corrected chi connectivity index (χ4v) is 5.70. The van der Waals surface area contributed by atoms with Crippen LogP contribution in [0.1, 0.15) is 6.92 Å². The van der Waals surface area contributed by atoms with Gasteiger partial charge in [0, 0.05) is 0 Å². The average molecular weight is 332 g/mol. The molecule has 0 aromatic rings. The Morgan fingerprint density at radius 1 is 1.54 bits per heavy atom. The molecule has 0 radical (unpaired) electrons. The summed E-state index contributed by atoms with van der Waals surface area (Å²) in [5.74, 6) is -1.19. The second-order valence-electron chi connectivity index (χ2n) is 3.33. The van der Waals surface area contributed by atoms with Crippen molar-refractivity contribution in [3.05, 3.63) is 11.1 Å². The zero-order chi connectivity index (χ0) is 9.35. The lowest BCUT2D eigenvalue weighted by molar-refractivity contribution is -0.136. The molecule has 13 heavy (non-hydrogen) atoms. The van der Waals surface area contributed by atoms with E-state index in [1.807, 2.05) is 6.92 Å². The molecule has 76 valence electrons. The van der Waals surface area contributed by atoms with Crippen molar-refractivity contribution in [1.29, 1.82) is 0 Å². The van der Waals surface area contributed by atoms with Crippen LogP contribution in [0.5, 0.6) is 0 Å². The molecular weight excluding hydrogens is 319 g/mol. The van der Waals surface area contributed by atoms with Crippen molar-refractivity contribution in [1.82, 2.24) is 0 Å². The van der Waals surface area contributed by atoms with Crippen molar-refractivity contribution in [2.24, 2.45) is 0 Å². The minimum absolute atomic E-state index is 0. The maximum Gasteiger partial charge on any atom is 0.337 e. The highest BCUT2D eigenvalue weighted by atomic mass is 79.9. The Labute approximate surface area is 97.9 Å². The fourth-order valence-electron chi connectivity index (χ4n) is 1.47. The summed E-state index contributed by atoms with van der Waals surface area (Å²) in [6.45, 7) is 4.21. The molecule has 0 saturated carbocycles. The maximum absolute atomic E-state index is 11.2. The van der Waals surface area contributed by atoms with E-state index in [4.69, 9.17) is 4.74 Å². The van der Waals surface area contributed by atoms with Crippen LogP contribution < -0.4 is 17.0 Å². The van der Waals surface area contributed by atoms with Crippen LogP contribution in [0, 0.1) is 0 Å². The van der Waals surface area contributed by atoms with E-state index in [0.717, 1.165) is 17.9 Å². The summed E-state index contributed by atoms with van der Waals surface area (Å²) in [6, 6.07) is 0. The minimum Gasteiger partial charge on any atom is -1.00 e. The number of carbonyl (C=O) groups excluding carboxylic acids is 1. The average Bonchev–Trinajstić information content (AvgIpc) is 2.23. The van der Waals surface area contributed by atoms with Crippen LogP contribution in [0.4, 0.5) is 0 Å². The fraction of sp³-hybridized carbons (Fsp3) is 0.625. The van der Waals surface area contributed by atoms with Crippen LogP contribution in [-0.2, 0) is 9.53 Å². The highest BCUT2D eigenvalue weighted by molar-refractivity contribution is 9.42. The molecule has 0 aromatic heterocycles. The predicted octanol–water partition coefficient (Wildman–Crippen LogP) is -0.549. The Kier molecular flexibility index (Phi) is 5.13. The van der Waals surface area contributed by atoms with E-state index < -0.39 is 5.96 Å². The maximum atomic E-state index is 11.2. The number of ether oxygens (including phenoxy) is 1. The summed E-state index contributed by atoms with van der Waals surface area (Å²) in [5, 5.41) is 0. The van der Waals surface area contributed by atoms with Crippen LogP contribution in [-0.4, -0.2) is 32.1 Å². The molecule has 1 aliphatic rings. The number of allylic oxidation sites excluding steroid dienone is 1. The van der Waals surface area contributed by atoms with Crippen molar-refractivity contribution < 1.29 is 26.5 Å². The molecule has 5 heteroatoms. The van der Waals surface area contributed by atoms with Crippen LogP contribution in [0.15, 0.2) is 11.1 Å². The molecule has 2 nitrogen and oxygen atoms in total. The van der Waals surface area contributed by atoms with Crippen LogP contribution in [0.2, 0.25) is 0 Å². The summed E-state index contributed by atoms with van der Waals surface area (Å²) in [5.41, 5.74) is 2.07. The standard InChI is InChI=1S/C8H13BrO2P.BrH/c1-6-4-12(3,9)5-7(6)8(10)11-2;/h4-5H2,1-3H3;1H/q+1;/p-1. The molecule has 0 aliphatic carbocycles. The molecular formula is C8H13Br2O2P. The van der Waals surface area contributed by atoms with Gasteiger partial charge < -0.3 is 21.7 Å². The number of rotatable bonds is 1. The van der Waals surface area contributed by atoms with Crippen LogP contribution >= 0.6 is 21.5 Å². The van der Waals surface area contributed by atoms with Crippen LogP contribution in [0.3, 0.4) is 0 Å². The van der Waals surface area contributed by atoms with Gasteiger partial charge >= 0.3 is 5.97 Å². The van der Waals surface area contributed by atoms with Crippen molar-refractivity contribution in [3.8, 4) is 0 Å². The van der Waals surface area contributed by atoms with E-state index >= 15 is 0 Å². The Bertz CT molecular complexity index is 249. The van der Waals surface area contributed by atoms with E-state index in [0.29, 0.717) is 0 Å². The van der Waals surface area contributed by atoms with Gasteiger partial charge in [-0.3, -0.25) is 0 Å². The van der Waals surface area contributed by atoms with Gasteiger partial charge in [0.2, 0.25) is 0 Å². The van der Waals surface area contributed by atoms with Gasteiger partial charge in [0.05, 0.1) is 31.5 Å². The summed E-state index contributed by atoms with van der Waals surface area (Å²) >= 11 is 3.68. The summed E-state index contributed by atoms with van der Waals surface area (Å²) in [4.78, 5) is 11.2. The number of hydrogen-bond donors (Lipinski definition) is 0. The molecule has 1 heterocycles. The molecule has 0 fully saturated rings. The Morgan fingerprint density at radius 2 is 2.08 bits per heavy atom. The normalized spacial score (nSPS) is 27.1. The van der Waals surface area contributed by atoms with Gasteiger partial charge in [-0.25, -0.2) is 4.79 Å². The lowest BCUT2D eigenvalue weighted by Crippen LogP contribution is -3.00. The summed E-state index contributed by atoms with van der Waals surface area (Å²) in [7, 11) is 1.44. The van der Waals surface area contributed by atoms with Gasteiger partial charge in [0.15, 0.2) is 0 Å². The molecule has 1 rings (SSSR count). The second kappa shape index (κ2) is 4.90. The number of hydrogen-bond acceptors (Lipinski definition) is 2. The largest absolute Gasteiger partial charge is 1.00 e. The van der Waals surface area contributed by atoms with E-state index in [9.17, 15) is 4.79 Å². The molecule has 1 aliphatic heterocycles. The first-order valence-electron chi connectivity index (χ1n) is 3.77. The van der Waals surface area contributed by atoms with Gasteiger partial charge in [-0.05, 0) is 12.5 Å². The minimum atomic E-state index is -1.03. The predicted molar refractivity (Wildman–Crippen MR) is 56.2 cm³/mol. The van der Waals surface area contributed by atoms with E-state index in [1.54, 1.807) is 0 Å². The third kappa shape index (κ3) is 3.34. The van der Waals surface area contributed by atoms with Gasteiger partial charge in [0.1, 0.15) is 21.7 Å². The number of methoxy groups -OCH3 is 1. The first kappa shape index (κ1) is 13.6. The molecule has 0 aromatic carbocycles. The SMILES string of the molecule is COC(=O)C1=C(C)C[P+](C)(Br)C1.[Br-]. The van der Waals surface area contributed by atoms with Gasteiger partial charge in [-0.2, -0.15) is 0 Å². The number of halogens is 2. The quantitative estimate of drug-likeness (QED) is 0.476. The third-order valence-corrected chi connectivity index (χ3v) is 5.62. The first-order chi connectivity index (χ1) is 5.46. The molecule has 0 N–H and O–H groups in total. The van der Waals surface area contributed by atoms with Crippen molar-refractivity contribution in [2.45, 2.75) is 6.92 Å². The third-order valence-electron chi connectivity index (χ3n) is 2.00. The van der Waals surface area contributed by atoms with E-state index in [-0.39, 0.29) is 23.0 Å². The van der Waals surface area contributed by atoms with E-state index in [2.05, 4.69) is 22.2 Å². The van der Waals surface area contributed by atoms with Gasteiger partial charge in [-0.1, -0.05) is 0 Å². The highest BCUT2D eigenvalue weighted by Crippen LogP contribution is 2.68. The van der Waals surface area contributed by atoms with E-state index in [1.165, 1.54) is 12.7 Å². The number of carbonyl (C=O) groups is 1. The highest BCUT2D eigenvalue weighted by Gasteiger charge is 2.40. The van der Waals surface area contributed by atoms with Crippen LogP contribution in [0.25, 0.3) is 0 Å². The zero-order valence-corrected chi connectivity index (χ0v) is 12.0. The zero-order valence-electron chi connectivity index (χ0n) is 7.93. The van der Waals surface area contributed by atoms with Gasteiger partial charge in [0.25, 0.3) is 0 Å². The molecule has 0 saturated heterocycles. The smallest absolute Gasteiger partial charge is 0.337 e. The summed E-state index contributed by atoms with van der Waals surface area (Å²) < 4.78 is 4.70. The monoisotopic (exact) mass is 330 g/mol. The van der Waals surface area contributed by atoms with Crippen molar-refractivity contribution >= 4 is 27.4 Å². The molecule has 1 atom stereocenters. The van der Waals surface area contributed by atoms with Crippen molar-refractivity contribution in [3.63, 3.8) is 0 Å². The number of esters is 1.